The monoisotopic (exact) mass is 333 g/mol. The number of amides is 1. The Morgan fingerprint density at radius 2 is 1.56 bits per heavy atom. The minimum atomic E-state index is -0.159. The van der Waals surface area contributed by atoms with Crippen molar-refractivity contribution in [3.8, 4) is 11.5 Å². The van der Waals surface area contributed by atoms with Crippen molar-refractivity contribution in [2.45, 2.75) is 6.54 Å². The third-order valence-corrected chi connectivity index (χ3v) is 3.92. The maximum Gasteiger partial charge on any atom is 0.258 e. The number of rotatable bonds is 5. The maximum absolute atomic E-state index is 13.1. The van der Waals surface area contributed by atoms with Crippen molar-refractivity contribution >= 4 is 11.6 Å². The standard InChI is InChI=1S/C21H19NO3/c1-25-20-10-6-5-9-19(20)22(15-16-7-3-2-4-8-16)21(24)17-11-13-18(23)14-12-17/h2-14,23H,15H2,1H3. The van der Waals surface area contributed by atoms with Gasteiger partial charge in [-0.3, -0.25) is 4.79 Å². The Morgan fingerprint density at radius 1 is 0.920 bits per heavy atom. The lowest BCUT2D eigenvalue weighted by Crippen LogP contribution is -2.30. The van der Waals surface area contributed by atoms with E-state index in [1.807, 2.05) is 54.6 Å². The molecule has 0 aliphatic rings. The van der Waals surface area contributed by atoms with Gasteiger partial charge in [0.2, 0.25) is 0 Å². The number of hydrogen-bond acceptors (Lipinski definition) is 3. The van der Waals surface area contributed by atoms with E-state index in [0.717, 1.165) is 5.56 Å². The van der Waals surface area contributed by atoms with Crippen LogP contribution < -0.4 is 9.64 Å². The quantitative estimate of drug-likeness (QED) is 0.759. The van der Waals surface area contributed by atoms with Crippen LogP contribution in [0.2, 0.25) is 0 Å². The second-order valence-corrected chi connectivity index (χ2v) is 5.60. The number of carbonyl (C=O) groups excluding carboxylic acids is 1. The van der Waals surface area contributed by atoms with Crippen molar-refractivity contribution in [3.63, 3.8) is 0 Å². The first kappa shape index (κ1) is 16.6. The molecule has 0 aliphatic heterocycles. The van der Waals surface area contributed by atoms with Gasteiger partial charge in [-0.15, -0.1) is 0 Å². The summed E-state index contributed by atoms with van der Waals surface area (Å²) in [6.07, 6.45) is 0. The average Bonchev–Trinajstić information content (AvgIpc) is 2.67. The molecule has 1 N–H and O–H groups in total. The van der Waals surface area contributed by atoms with Gasteiger partial charge in [-0.2, -0.15) is 0 Å². The Hall–Kier alpha value is -3.27. The highest BCUT2D eigenvalue weighted by Gasteiger charge is 2.21. The zero-order chi connectivity index (χ0) is 17.6. The van der Waals surface area contributed by atoms with Crippen molar-refractivity contribution < 1.29 is 14.6 Å². The van der Waals surface area contributed by atoms with Gasteiger partial charge in [0.1, 0.15) is 11.5 Å². The predicted molar refractivity (Wildman–Crippen MR) is 98.1 cm³/mol. The number of nitrogens with zero attached hydrogens (tertiary/aromatic N) is 1. The number of benzene rings is 3. The Labute approximate surface area is 146 Å². The highest BCUT2D eigenvalue weighted by atomic mass is 16.5. The number of hydrogen-bond donors (Lipinski definition) is 1. The third-order valence-electron chi connectivity index (χ3n) is 3.92. The summed E-state index contributed by atoms with van der Waals surface area (Å²) in [5, 5.41) is 9.47. The van der Waals surface area contributed by atoms with E-state index in [0.29, 0.717) is 23.5 Å². The first-order valence-corrected chi connectivity index (χ1v) is 7.97. The van der Waals surface area contributed by atoms with Crippen LogP contribution in [0, 0.1) is 0 Å². The van der Waals surface area contributed by atoms with E-state index in [-0.39, 0.29) is 11.7 Å². The fourth-order valence-electron chi connectivity index (χ4n) is 2.64. The highest BCUT2D eigenvalue weighted by molar-refractivity contribution is 6.06. The molecule has 0 fully saturated rings. The smallest absolute Gasteiger partial charge is 0.258 e. The van der Waals surface area contributed by atoms with Gasteiger partial charge in [0.05, 0.1) is 19.3 Å². The number of aromatic hydroxyl groups is 1. The molecule has 0 radical (unpaired) electrons. The summed E-state index contributed by atoms with van der Waals surface area (Å²) < 4.78 is 5.44. The van der Waals surface area contributed by atoms with E-state index in [2.05, 4.69) is 0 Å². The maximum atomic E-state index is 13.1. The molecular weight excluding hydrogens is 314 g/mol. The summed E-state index contributed by atoms with van der Waals surface area (Å²) in [7, 11) is 1.59. The van der Waals surface area contributed by atoms with Crippen LogP contribution in [-0.4, -0.2) is 18.1 Å². The van der Waals surface area contributed by atoms with Crippen LogP contribution >= 0.6 is 0 Å². The van der Waals surface area contributed by atoms with Crippen molar-refractivity contribution in [1.29, 1.82) is 0 Å². The number of ether oxygens (including phenoxy) is 1. The van der Waals surface area contributed by atoms with Gasteiger partial charge in [-0.1, -0.05) is 42.5 Å². The van der Waals surface area contributed by atoms with Crippen LogP contribution in [0.15, 0.2) is 78.9 Å². The molecule has 25 heavy (non-hydrogen) atoms. The third kappa shape index (κ3) is 3.80. The van der Waals surface area contributed by atoms with Crippen LogP contribution in [0.1, 0.15) is 15.9 Å². The van der Waals surface area contributed by atoms with Crippen LogP contribution in [0.25, 0.3) is 0 Å². The molecule has 0 aromatic heterocycles. The summed E-state index contributed by atoms with van der Waals surface area (Å²) in [5.74, 6) is 0.599. The Bertz CT molecular complexity index is 845. The molecule has 3 rings (SSSR count). The molecule has 0 spiro atoms. The molecule has 126 valence electrons. The summed E-state index contributed by atoms with van der Waals surface area (Å²) in [5.41, 5.74) is 2.21. The summed E-state index contributed by atoms with van der Waals surface area (Å²) in [6.45, 7) is 0.418. The zero-order valence-corrected chi connectivity index (χ0v) is 13.9. The number of anilines is 1. The van der Waals surface area contributed by atoms with Gasteiger partial charge in [-0.25, -0.2) is 0 Å². The van der Waals surface area contributed by atoms with Gasteiger partial charge in [-0.05, 0) is 42.0 Å². The fourth-order valence-corrected chi connectivity index (χ4v) is 2.64. The topological polar surface area (TPSA) is 49.8 Å². The molecular formula is C21H19NO3. The molecule has 0 saturated carbocycles. The average molecular weight is 333 g/mol. The van der Waals surface area contributed by atoms with Crippen LogP contribution in [-0.2, 0) is 6.54 Å². The lowest BCUT2D eigenvalue weighted by molar-refractivity contribution is 0.0984. The summed E-state index contributed by atoms with van der Waals surface area (Å²) >= 11 is 0. The van der Waals surface area contributed by atoms with E-state index in [1.54, 1.807) is 24.1 Å². The normalized spacial score (nSPS) is 10.3. The summed E-state index contributed by atoms with van der Waals surface area (Å²) in [6, 6.07) is 23.5. The van der Waals surface area contributed by atoms with Gasteiger partial charge in [0.25, 0.3) is 5.91 Å². The highest BCUT2D eigenvalue weighted by Crippen LogP contribution is 2.30. The Balaban J connectivity index is 2.02. The molecule has 4 heteroatoms. The minimum Gasteiger partial charge on any atom is -0.508 e. The molecule has 0 bridgehead atoms. The van der Waals surface area contributed by atoms with E-state index in [1.165, 1.54) is 12.1 Å². The van der Waals surface area contributed by atoms with Gasteiger partial charge >= 0.3 is 0 Å². The first-order chi connectivity index (χ1) is 12.2. The van der Waals surface area contributed by atoms with E-state index in [4.69, 9.17) is 4.74 Å². The number of phenolic OH excluding ortho intramolecular Hbond substituents is 1. The lowest BCUT2D eigenvalue weighted by atomic mass is 10.1. The van der Waals surface area contributed by atoms with Crippen molar-refractivity contribution in [1.82, 2.24) is 0 Å². The van der Waals surface area contributed by atoms with Crippen molar-refractivity contribution in [3.05, 3.63) is 90.0 Å². The largest absolute Gasteiger partial charge is 0.508 e. The fraction of sp³-hybridized carbons (Fsp3) is 0.0952. The predicted octanol–water partition coefficient (Wildman–Crippen LogP) is 4.25. The molecule has 0 unspecified atom stereocenters. The van der Waals surface area contributed by atoms with E-state index < -0.39 is 0 Å². The van der Waals surface area contributed by atoms with Gasteiger partial charge in [0, 0.05) is 5.56 Å². The molecule has 3 aromatic carbocycles. The first-order valence-electron chi connectivity index (χ1n) is 7.97. The number of phenols is 1. The van der Waals surface area contributed by atoms with Crippen LogP contribution in [0.4, 0.5) is 5.69 Å². The number of methoxy groups -OCH3 is 1. The minimum absolute atomic E-state index is 0.128. The Kier molecular flexibility index (Phi) is 5.00. The van der Waals surface area contributed by atoms with E-state index in [9.17, 15) is 9.90 Å². The summed E-state index contributed by atoms with van der Waals surface area (Å²) in [4.78, 5) is 14.8. The molecule has 0 atom stereocenters. The molecule has 4 nitrogen and oxygen atoms in total. The van der Waals surface area contributed by atoms with E-state index >= 15 is 0 Å². The van der Waals surface area contributed by atoms with Crippen molar-refractivity contribution in [2.75, 3.05) is 12.0 Å². The van der Waals surface area contributed by atoms with Crippen LogP contribution in [0.5, 0.6) is 11.5 Å². The molecule has 0 saturated heterocycles. The molecule has 1 amide bonds. The van der Waals surface area contributed by atoms with Crippen LogP contribution in [0.3, 0.4) is 0 Å². The molecule has 3 aromatic rings. The SMILES string of the molecule is COc1ccccc1N(Cc1ccccc1)C(=O)c1ccc(O)cc1. The Morgan fingerprint density at radius 3 is 2.24 bits per heavy atom. The molecule has 0 aliphatic carbocycles. The van der Waals surface area contributed by atoms with Crippen molar-refractivity contribution in [2.24, 2.45) is 0 Å². The lowest BCUT2D eigenvalue weighted by Gasteiger charge is -2.25. The number of para-hydroxylation sites is 2. The second-order valence-electron chi connectivity index (χ2n) is 5.60. The van der Waals surface area contributed by atoms with Gasteiger partial charge in [0.15, 0.2) is 0 Å². The molecule has 0 heterocycles. The zero-order valence-electron chi connectivity index (χ0n) is 13.9. The van der Waals surface area contributed by atoms with Gasteiger partial charge < -0.3 is 14.7 Å². The number of carbonyl (C=O) groups is 1. The second kappa shape index (κ2) is 7.53.